The molecule has 0 radical (unpaired) electrons. The lowest BCUT2D eigenvalue weighted by Gasteiger charge is -2.09. The highest BCUT2D eigenvalue weighted by Crippen LogP contribution is 2.19. The van der Waals surface area contributed by atoms with Crippen molar-refractivity contribution in [3.8, 4) is 5.75 Å². The Balaban J connectivity index is 1.89. The second-order valence-corrected chi connectivity index (χ2v) is 7.07. The van der Waals surface area contributed by atoms with Crippen molar-refractivity contribution in [2.75, 3.05) is 19.8 Å². The van der Waals surface area contributed by atoms with Crippen LogP contribution < -0.4 is 9.54 Å². The predicted molar refractivity (Wildman–Crippen MR) is 93.5 cm³/mol. The molecule has 1 fully saturated rings. The van der Waals surface area contributed by atoms with E-state index in [1.165, 1.54) is 11.3 Å². The summed E-state index contributed by atoms with van der Waals surface area (Å²) in [5.41, 5.74) is 0.501. The van der Waals surface area contributed by atoms with Gasteiger partial charge in [-0.1, -0.05) is 12.1 Å². The molecule has 1 aliphatic heterocycles. The zero-order chi connectivity index (χ0) is 16.9. The molecule has 0 bridgehead atoms. The average Bonchev–Trinajstić information content (AvgIpc) is 3.19. The molecule has 1 saturated heterocycles. The second-order valence-electron chi connectivity index (χ2n) is 5.85. The van der Waals surface area contributed by atoms with Crippen LogP contribution in [-0.4, -0.2) is 30.3 Å². The Hall–Kier alpha value is -1.92. The van der Waals surface area contributed by atoms with Crippen LogP contribution in [0.2, 0.25) is 0 Å². The number of benzene rings is 1. The van der Waals surface area contributed by atoms with Gasteiger partial charge in [-0.15, -0.1) is 11.3 Å². The van der Waals surface area contributed by atoms with E-state index in [4.69, 9.17) is 9.47 Å². The monoisotopic (exact) mass is 346 g/mol. The van der Waals surface area contributed by atoms with Gasteiger partial charge in [-0.25, -0.2) is 0 Å². The number of nitrogens with zero attached hydrogens (tertiary/aromatic N) is 2. The summed E-state index contributed by atoms with van der Waals surface area (Å²) < 4.78 is 13.1. The number of hydrogen-bond acceptors (Lipinski definition) is 4. The van der Waals surface area contributed by atoms with Crippen LogP contribution in [0.5, 0.6) is 5.75 Å². The Kier molecular flexibility index (Phi) is 5.48. The van der Waals surface area contributed by atoms with Gasteiger partial charge >= 0.3 is 0 Å². The average molecular weight is 346 g/mol. The van der Waals surface area contributed by atoms with Crippen LogP contribution in [0.3, 0.4) is 0 Å². The van der Waals surface area contributed by atoms with Crippen molar-refractivity contribution in [3.63, 3.8) is 0 Å². The summed E-state index contributed by atoms with van der Waals surface area (Å²) in [4.78, 5) is 18.9. The zero-order valence-electron chi connectivity index (χ0n) is 14.0. The molecule has 0 N–H and O–H groups in total. The van der Waals surface area contributed by atoms with Gasteiger partial charge in [0.05, 0.1) is 18.8 Å². The summed E-state index contributed by atoms with van der Waals surface area (Å²) in [7, 11) is 0. The van der Waals surface area contributed by atoms with Gasteiger partial charge in [-0.3, -0.25) is 4.79 Å². The van der Waals surface area contributed by atoms with Crippen molar-refractivity contribution < 1.29 is 14.3 Å². The number of amides is 1. The molecule has 24 heavy (non-hydrogen) atoms. The first-order valence-electron chi connectivity index (χ1n) is 8.23. The molecule has 1 atom stereocenters. The number of carbonyl (C=O) groups excluding carboxylic acids is 1. The van der Waals surface area contributed by atoms with Crippen LogP contribution in [0.15, 0.2) is 35.5 Å². The Morgan fingerprint density at radius 3 is 3.04 bits per heavy atom. The van der Waals surface area contributed by atoms with E-state index in [1.807, 2.05) is 26.0 Å². The third-order valence-electron chi connectivity index (χ3n) is 3.93. The van der Waals surface area contributed by atoms with Gasteiger partial charge in [-0.05, 0) is 32.4 Å². The van der Waals surface area contributed by atoms with Crippen molar-refractivity contribution in [3.05, 3.63) is 45.7 Å². The quantitative estimate of drug-likeness (QED) is 0.836. The molecule has 0 aliphatic carbocycles. The minimum Gasteiger partial charge on any atom is -0.493 e. The molecule has 2 heterocycles. The van der Waals surface area contributed by atoms with Crippen LogP contribution in [0.1, 0.15) is 28.6 Å². The minimum absolute atomic E-state index is 0.266. The van der Waals surface area contributed by atoms with Gasteiger partial charge in [-0.2, -0.15) is 4.99 Å². The normalized spacial score (nSPS) is 18.1. The fourth-order valence-corrected chi connectivity index (χ4v) is 3.64. The molecule has 1 aromatic carbocycles. The number of aromatic nitrogens is 1. The molecular formula is C18H22N2O3S. The topological polar surface area (TPSA) is 52.8 Å². The number of hydrogen-bond donors (Lipinski definition) is 0. The van der Waals surface area contributed by atoms with E-state index in [-0.39, 0.29) is 5.91 Å². The lowest BCUT2D eigenvalue weighted by Crippen LogP contribution is -2.21. The molecule has 1 amide bonds. The molecule has 5 nitrogen and oxygen atoms in total. The number of rotatable bonds is 5. The number of ether oxygens (including phenoxy) is 2. The van der Waals surface area contributed by atoms with Gasteiger partial charge in [0.1, 0.15) is 5.75 Å². The fourth-order valence-electron chi connectivity index (χ4n) is 2.80. The maximum atomic E-state index is 12.6. The Morgan fingerprint density at radius 1 is 1.46 bits per heavy atom. The third kappa shape index (κ3) is 3.94. The maximum absolute atomic E-state index is 12.6. The molecule has 1 aliphatic rings. The summed E-state index contributed by atoms with van der Waals surface area (Å²) in [6.45, 7) is 6.89. The second kappa shape index (κ2) is 7.77. The van der Waals surface area contributed by atoms with Crippen molar-refractivity contribution in [2.45, 2.75) is 26.8 Å². The molecule has 6 heteroatoms. The predicted octanol–water partition coefficient (Wildman–Crippen LogP) is 3.03. The van der Waals surface area contributed by atoms with Crippen LogP contribution >= 0.6 is 11.3 Å². The van der Waals surface area contributed by atoms with Crippen LogP contribution in [0, 0.1) is 12.8 Å². The van der Waals surface area contributed by atoms with Crippen molar-refractivity contribution in [2.24, 2.45) is 10.9 Å². The van der Waals surface area contributed by atoms with E-state index in [9.17, 15) is 4.79 Å². The Bertz CT molecular complexity index is 773. The van der Waals surface area contributed by atoms with Gasteiger partial charge in [0.25, 0.3) is 5.91 Å². The van der Waals surface area contributed by atoms with Crippen LogP contribution in [0.4, 0.5) is 0 Å². The van der Waals surface area contributed by atoms with E-state index in [2.05, 4.69) is 15.8 Å². The van der Waals surface area contributed by atoms with Gasteiger partial charge in [0.2, 0.25) is 0 Å². The standard InChI is InChI=1S/C18H22N2O3S/c1-3-23-16-7-5-4-6-15(16)17(21)19-18-20(10-13(2)24-18)11-14-8-9-22-12-14/h4-7,10,14H,3,8-9,11-12H2,1-2H3. The summed E-state index contributed by atoms with van der Waals surface area (Å²) >= 11 is 1.53. The first-order valence-corrected chi connectivity index (χ1v) is 9.04. The number of carbonyl (C=O) groups is 1. The van der Waals surface area contributed by atoms with Crippen molar-refractivity contribution in [1.29, 1.82) is 0 Å². The summed E-state index contributed by atoms with van der Waals surface area (Å²) in [5, 5.41) is 0. The third-order valence-corrected chi connectivity index (χ3v) is 4.86. The summed E-state index contributed by atoms with van der Waals surface area (Å²) in [5.74, 6) is 0.804. The lowest BCUT2D eigenvalue weighted by molar-refractivity contribution is 0.0994. The highest BCUT2D eigenvalue weighted by Gasteiger charge is 2.17. The zero-order valence-corrected chi connectivity index (χ0v) is 14.8. The highest BCUT2D eigenvalue weighted by molar-refractivity contribution is 7.09. The van der Waals surface area contributed by atoms with E-state index < -0.39 is 0 Å². The minimum atomic E-state index is -0.266. The molecule has 1 unspecified atom stereocenters. The van der Waals surface area contributed by atoms with Crippen molar-refractivity contribution in [1.82, 2.24) is 4.57 Å². The van der Waals surface area contributed by atoms with E-state index in [0.29, 0.717) is 23.8 Å². The SMILES string of the molecule is CCOc1ccccc1C(=O)N=c1sc(C)cn1CC1CCOC1. The smallest absolute Gasteiger partial charge is 0.283 e. The Labute approximate surface area is 145 Å². The molecule has 0 spiro atoms. The molecule has 0 saturated carbocycles. The molecule has 3 rings (SSSR count). The Morgan fingerprint density at radius 2 is 2.29 bits per heavy atom. The fraction of sp³-hybridized carbons (Fsp3) is 0.444. The van der Waals surface area contributed by atoms with Crippen LogP contribution in [0.25, 0.3) is 0 Å². The first kappa shape index (κ1) is 16.9. The first-order chi connectivity index (χ1) is 11.7. The molecule has 128 valence electrons. The largest absolute Gasteiger partial charge is 0.493 e. The van der Waals surface area contributed by atoms with Crippen molar-refractivity contribution >= 4 is 17.2 Å². The highest BCUT2D eigenvalue weighted by atomic mass is 32.1. The van der Waals surface area contributed by atoms with Gasteiger partial charge < -0.3 is 14.0 Å². The molecule has 2 aromatic rings. The van der Waals surface area contributed by atoms with E-state index in [0.717, 1.165) is 35.9 Å². The van der Waals surface area contributed by atoms with E-state index in [1.54, 1.807) is 12.1 Å². The van der Waals surface area contributed by atoms with Gasteiger partial charge in [0, 0.05) is 30.1 Å². The maximum Gasteiger partial charge on any atom is 0.283 e. The lowest BCUT2D eigenvalue weighted by atomic mass is 10.1. The van der Waals surface area contributed by atoms with E-state index >= 15 is 0 Å². The molecule has 1 aromatic heterocycles. The summed E-state index contributed by atoms with van der Waals surface area (Å²) in [6, 6.07) is 7.24. The van der Waals surface area contributed by atoms with Gasteiger partial charge in [0.15, 0.2) is 4.80 Å². The molecular weight excluding hydrogens is 324 g/mol. The number of aryl methyl sites for hydroxylation is 1. The summed E-state index contributed by atoms with van der Waals surface area (Å²) in [6.07, 6.45) is 3.12. The number of thiazole rings is 1. The van der Waals surface area contributed by atoms with Crippen LogP contribution in [-0.2, 0) is 11.3 Å². The number of para-hydroxylation sites is 1.